The highest BCUT2D eigenvalue weighted by molar-refractivity contribution is 5.22. The van der Waals surface area contributed by atoms with Crippen molar-refractivity contribution in [1.29, 1.82) is 0 Å². The average Bonchev–Trinajstić information content (AvgIpc) is 2.59. The molecule has 0 aromatic heterocycles. The van der Waals surface area contributed by atoms with Crippen molar-refractivity contribution < 1.29 is 5.11 Å². The van der Waals surface area contributed by atoms with Crippen LogP contribution in [0.15, 0.2) is 72.8 Å². The lowest BCUT2D eigenvalue weighted by Gasteiger charge is -2.38. The van der Waals surface area contributed by atoms with Gasteiger partial charge in [0.1, 0.15) is 0 Å². The first kappa shape index (κ1) is 15.0. The molecule has 2 atom stereocenters. The summed E-state index contributed by atoms with van der Waals surface area (Å²) in [5.41, 5.74) is 2.53. The Labute approximate surface area is 132 Å². The highest BCUT2D eigenvalue weighted by Crippen LogP contribution is 2.27. The SMILES string of the molecule is OC[C@@H](c1ccccc1)N1CCC=C[C@@H]1Cc1ccccc1. The molecule has 114 valence electrons. The van der Waals surface area contributed by atoms with E-state index in [-0.39, 0.29) is 12.6 Å². The molecule has 0 aliphatic carbocycles. The van der Waals surface area contributed by atoms with Gasteiger partial charge in [0, 0.05) is 12.6 Å². The van der Waals surface area contributed by atoms with Crippen LogP contribution in [0.5, 0.6) is 0 Å². The smallest absolute Gasteiger partial charge is 0.0628 e. The zero-order valence-corrected chi connectivity index (χ0v) is 12.8. The van der Waals surface area contributed by atoms with Crippen molar-refractivity contribution in [2.75, 3.05) is 13.2 Å². The van der Waals surface area contributed by atoms with Crippen molar-refractivity contribution in [2.24, 2.45) is 0 Å². The van der Waals surface area contributed by atoms with Crippen LogP contribution in [0.1, 0.15) is 23.6 Å². The third kappa shape index (κ3) is 3.46. The van der Waals surface area contributed by atoms with Gasteiger partial charge < -0.3 is 5.11 Å². The molecule has 2 aromatic carbocycles. The maximum atomic E-state index is 9.95. The second-order valence-corrected chi connectivity index (χ2v) is 5.82. The lowest BCUT2D eigenvalue weighted by molar-refractivity contribution is 0.0958. The molecule has 0 unspecified atom stereocenters. The summed E-state index contributed by atoms with van der Waals surface area (Å²) in [6.07, 6.45) is 6.60. The molecule has 1 N–H and O–H groups in total. The molecule has 1 aliphatic rings. The number of rotatable bonds is 5. The van der Waals surface area contributed by atoms with Gasteiger partial charge >= 0.3 is 0 Å². The van der Waals surface area contributed by atoms with Gasteiger partial charge in [-0.3, -0.25) is 4.90 Å². The molecule has 2 nitrogen and oxygen atoms in total. The fourth-order valence-corrected chi connectivity index (χ4v) is 3.26. The van der Waals surface area contributed by atoms with Gasteiger partial charge in [0.2, 0.25) is 0 Å². The lowest BCUT2D eigenvalue weighted by Crippen LogP contribution is -2.42. The van der Waals surface area contributed by atoms with E-state index in [1.807, 2.05) is 18.2 Å². The first-order valence-electron chi connectivity index (χ1n) is 8.00. The molecule has 0 amide bonds. The number of hydrogen-bond donors (Lipinski definition) is 1. The number of aliphatic hydroxyl groups is 1. The Morgan fingerprint density at radius 3 is 2.36 bits per heavy atom. The summed E-state index contributed by atoms with van der Waals surface area (Å²) in [4.78, 5) is 2.43. The van der Waals surface area contributed by atoms with Crippen molar-refractivity contribution in [3.63, 3.8) is 0 Å². The second-order valence-electron chi connectivity index (χ2n) is 5.82. The fraction of sp³-hybridized carbons (Fsp3) is 0.300. The Hall–Kier alpha value is -1.90. The van der Waals surface area contributed by atoms with E-state index in [4.69, 9.17) is 0 Å². The molecule has 0 saturated heterocycles. The Kier molecular flexibility index (Phi) is 5.04. The molecular formula is C20H23NO. The van der Waals surface area contributed by atoms with Gasteiger partial charge in [-0.15, -0.1) is 0 Å². The number of hydrogen-bond acceptors (Lipinski definition) is 2. The van der Waals surface area contributed by atoms with Crippen LogP contribution in [0.25, 0.3) is 0 Å². The van der Waals surface area contributed by atoms with E-state index in [0.29, 0.717) is 6.04 Å². The number of benzene rings is 2. The van der Waals surface area contributed by atoms with Crippen molar-refractivity contribution >= 4 is 0 Å². The Morgan fingerprint density at radius 1 is 1.00 bits per heavy atom. The molecule has 0 bridgehead atoms. The van der Waals surface area contributed by atoms with Gasteiger partial charge in [-0.1, -0.05) is 72.8 Å². The third-order valence-corrected chi connectivity index (χ3v) is 4.38. The first-order chi connectivity index (χ1) is 10.9. The highest BCUT2D eigenvalue weighted by Gasteiger charge is 2.27. The van der Waals surface area contributed by atoms with Crippen LogP contribution in [-0.2, 0) is 6.42 Å². The molecule has 2 heteroatoms. The van der Waals surface area contributed by atoms with Gasteiger partial charge in [-0.25, -0.2) is 0 Å². The van der Waals surface area contributed by atoms with E-state index in [0.717, 1.165) is 19.4 Å². The van der Waals surface area contributed by atoms with E-state index in [1.165, 1.54) is 11.1 Å². The van der Waals surface area contributed by atoms with Crippen LogP contribution in [0.2, 0.25) is 0 Å². The number of nitrogens with zero attached hydrogens (tertiary/aromatic N) is 1. The molecule has 2 aromatic rings. The first-order valence-corrected chi connectivity index (χ1v) is 8.00. The summed E-state index contributed by atoms with van der Waals surface area (Å²) >= 11 is 0. The third-order valence-electron chi connectivity index (χ3n) is 4.38. The van der Waals surface area contributed by atoms with Crippen molar-refractivity contribution in [1.82, 2.24) is 4.90 Å². The van der Waals surface area contributed by atoms with Crippen LogP contribution in [-0.4, -0.2) is 29.2 Å². The predicted octanol–water partition coefficient (Wildman–Crippen LogP) is 3.59. The monoisotopic (exact) mass is 293 g/mol. The minimum absolute atomic E-state index is 0.0693. The quantitative estimate of drug-likeness (QED) is 0.852. The van der Waals surface area contributed by atoms with Gasteiger partial charge in [0.05, 0.1) is 12.6 Å². The largest absolute Gasteiger partial charge is 0.394 e. The normalized spacial score (nSPS) is 20.0. The van der Waals surface area contributed by atoms with Crippen molar-refractivity contribution in [2.45, 2.75) is 24.9 Å². The predicted molar refractivity (Wildman–Crippen MR) is 90.7 cm³/mol. The van der Waals surface area contributed by atoms with Gasteiger partial charge in [-0.2, -0.15) is 0 Å². The lowest BCUT2D eigenvalue weighted by atomic mass is 9.96. The highest BCUT2D eigenvalue weighted by atomic mass is 16.3. The van der Waals surface area contributed by atoms with Crippen molar-refractivity contribution in [3.05, 3.63) is 83.9 Å². The fourth-order valence-electron chi connectivity index (χ4n) is 3.26. The topological polar surface area (TPSA) is 23.5 Å². The molecular weight excluding hydrogens is 270 g/mol. The summed E-state index contributed by atoms with van der Waals surface area (Å²) in [5, 5.41) is 9.95. The van der Waals surface area contributed by atoms with Gasteiger partial charge in [0.15, 0.2) is 0 Å². The molecule has 1 aliphatic heterocycles. The van der Waals surface area contributed by atoms with E-state index >= 15 is 0 Å². The van der Waals surface area contributed by atoms with Crippen LogP contribution in [0.3, 0.4) is 0 Å². The van der Waals surface area contributed by atoms with Gasteiger partial charge in [-0.05, 0) is 24.0 Å². The van der Waals surface area contributed by atoms with E-state index in [1.54, 1.807) is 0 Å². The van der Waals surface area contributed by atoms with Gasteiger partial charge in [0.25, 0.3) is 0 Å². The molecule has 0 fully saturated rings. The molecule has 3 rings (SSSR count). The van der Waals surface area contributed by atoms with E-state index in [9.17, 15) is 5.11 Å². The van der Waals surface area contributed by atoms with Crippen LogP contribution < -0.4 is 0 Å². The van der Waals surface area contributed by atoms with E-state index in [2.05, 4.69) is 59.5 Å². The zero-order chi connectivity index (χ0) is 15.2. The summed E-state index contributed by atoms with van der Waals surface area (Å²) in [6.45, 7) is 1.15. The Morgan fingerprint density at radius 2 is 1.68 bits per heavy atom. The summed E-state index contributed by atoms with van der Waals surface area (Å²) in [6, 6.07) is 21.3. The average molecular weight is 293 g/mol. The zero-order valence-electron chi connectivity index (χ0n) is 12.8. The van der Waals surface area contributed by atoms with Crippen LogP contribution >= 0.6 is 0 Å². The minimum Gasteiger partial charge on any atom is -0.394 e. The Bertz CT molecular complexity index is 594. The minimum atomic E-state index is 0.0693. The summed E-state index contributed by atoms with van der Waals surface area (Å²) in [7, 11) is 0. The number of aliphatic hydroxyl groups excluding tert-OH is 1. The van der Waals surface area contributed by atoms with Crippen molar-refractivity contribution in [3.8, 4) is 0 Å². The molecule has 1 heterocycles. The summed E-state index contributed by atoms with van der Waals surface area (Å²) < 4.78 is 0. The standard InChI is InChI=1S/C20H23NO/c22-16-20(18-11-5-2-6-12-18)21-14-8-7-13-19(21)15-17-9-3-1-4-10-17/h1-7,9-13,19-20,22H,8,14-16H2/t19-,20+/m1/s1. The molecule has 0 saturated carbocycles. The molecule has 0 spiro atoms. The summed E-state index contributed by atoms with van der Waals surface area (Å²) in [5.74, 6) is 0. The van der Waals surface area contributed by atoms with Crippen LogP contribution in [0, 0.1) is 0 Å². The van der Waals surface area contributed by atoms with Crippen LogP contribution in [0.4, 0.5) is 0 Å². The molecule has 22 heavy (non-hydrogen) atoms. The van der Waals surface area contributed by atoms with E-state index < -0.39 is 0 Å². The maximum absolute atomic E-state index is 9.95. The second kappa shape index (κ2) is 7.39. The maximum Gasteiger partial charge on any atom is 0.0628 e. The Balaban J connectivity index is 1.82. The molecule has 0 radical (unpaired) electrons.